The Morgan fingerprint density at radius 2 is 1.86 bits per heavy atom. The minimum Gasteiger partial charge on any atom is -0.356 e. The largest absolute Gasteiger partial charge is 0.356 e. The normalized spacial score (nSPS) is 11.9. The third-order valence-corrected chi connectivity index (χ3v) is 5.70. The van der Waals surface area contributed by atoms with Crippen LogP contribution in [-0.2, 0) is 11.3 Å². The van der Waals surface area contributed by atoms with Gasteiger partial charge in [0.15, 0.2) is 21.8 Å². The van der Waals surface area contributed by atoms with E-state index in [1.54, 1.807) is 6.92 Å². The maximum absolute atomic E-state index is 13.7. The molecule has 1 aromatic heterocycles. The van der Waals surface area contributed by atoms with Crippen LogP contribution in [0, 0.1) is 17.5 Å². The van der Waals surface area contributed by atoms with Crippen LogP contribution in [0.5, 0.6) is 0 Å². The van der Waals surface area contributed by atoms with Gasteiger partial charge >= 0.3 is 0 Å². The van der Waals surface area contributed by atoms with Gasteiger partial charge in [-0.2, -0.15) is 0 Å². The molecule has 1 unspecified atom stereocenters. The van der Waals surface area contributed by atoms with Crippen molar-refractivity contribution in [3.63, 3.8) is 0 Å². The summed E-state index contributed by atoms with van der Waals surface area (Å²) >= 11 is 2.41. The third-order valence-electron chi connectivity index (χ3n) is 3.63. The van der Waals surface area contributed by atoms with E-state index in [2.05, 4.69) is 20.8 Å². The summed E-state index contributed by atoms with van der Waals surface area (Å²) in [4.78, 5) is 12.2. The summed E-state index contributed by atoms with van der Waals surface area (Å²) in [5.74, 6) is -4.95. The number of carbonyl (C=O) groups is 1. The summed E-state index contributed by atoms with van der Waals surface area (Å²) in [6.45, 7) is 2.18. The van der Waals surface area contributed by atoms with Crippen molar-refractivity contribution in [3.8, 4) is 0 Å². The molecule has 0 bridgehead atoms. The first-order valence-corrected chi connectivity index (χ1v) is 9.86. The molecule has 0 aliphatic rings. The molecule has 0 spiro atoms. The molecular formula is C18H15F3N4OS2. The van der Waals surface area contributed by atoms with E-state index >= 15 is 0 Å². The number of nitrogens with one attached hydrogen (secondary N) is 2. The van der Waals surface area contributed by atoms with Gasteiger partial charge in [-0.25, -0.2) is 13.2 Å². The number of hydrogen-bond donors (Lipinski definition) is 2. The Bertz CT molecular complexity index is 969. The zero-order valence-electron chi connectivity index (χ0n) is 14.6. The van der Waals surface area contributed by atoms with Crippen molar-refractivity contribution in [2.45, 2.75) is 23.1 Å². The first kappa shape index (κ1) is 20.2. The highest BCUT2D eigenvalue weighted by Gasteiger charge is 2.20. The Labute approximate surface area is 167 Å². The highest BCUT2D eigenvalue weighted by atomic mass is 32.2. The Morgan fingerprint density at radius 1 is 1.11 bits per heavy atom. The first-order chi connectivity index (χ1) is 13.4. The Balaban J connectivity index is 1.56. The van der Waals surface area contributed by atoms with E-state index in [1.165, 1.54) is 11.3 Å². The van der Waals surface area contributed by atoms with Crippen LogP contribution < -0.4 is 10.6 Å². The van der Waals surface area contributed by atoms with Gasteiger partial charge in [0, 0.05) is 6.54 Å². The van der Waals surface area contributed by atoms with Gasteiger partial charge in [-0.3, -0.25) is 4.79 Å². The molecular weight excluding hydrogens is 409 g/mol. The van der Waals surface area contributed by atoms with Crippen LogP contribution in [0.4, 0.5) is 24.0 Å². The maximum Gasteiger partial charge on any atom is 0.237 e. The van der Waals surface area contributed by atoms with Gasteiger partial charge in [-0.05, 0) is 24.6 Å². The Hall–Kier alpha value is -2.59. The van der Waals surface area contributed by atoms with Crippen molar-refractivity contribution in [1.29, 1.82) is 0 Å². The molecule has 0 fully saturated rings. The molecule has 3 aromatic rings. The van der Waals surface area contributed by atoms with E-state index in [0.29, 0.717) is 16.0 Å². The molecule has 0 aliphatic carbocycles. The van der Waals surface area contributed by atoms with Gasteiger partial charge in [0.2, 0.25) is 11.0 Å². The average Bonchev–Trinajstić information content (AvgIpc) is 3.15. The molecule has 1 heterocycles. The van der Waals surface area contributed by atoms with Gasteiger partial charge in [-0.1, -0.05) is 53.4 Å². The number of amides is 1. The number of nitrogens with zero attached hydrogens (tertiary/aromatic N) is 2. The van der Waals surface area contributed by atoms with Gasteiger partial charge in [0.1, 0.15) is 0 Å². The number of benzene rings is 2. The van der Waals surface area contributed by atoms with Gasteiger partial charge in [0.05, 0.1) is 10.9 Å². The number of hydrogen-bond acceptors (Lipinski definition) is 6. The van der Waals surface area contributed by atoms with Crippen LogP contribution in [0.15, 0.2) is 46.8 Å². The van der Waals surface area contributed by atoms with Crippen LogP contribution in [0.25, 0.3) is 0 Å². The predicted molar refractivity (Wildman–Crippen MR) is 104 cm³/mol. The third kappa shape index (κ3) is 5.02. The molecule has 1 atom stereocenters. The van der Waals surface area contributed by atoms with Crippen molar-refractivity contribution in [2.75, 3.05) is 10.6 Å². The molecule has 5 nitrogen and oxygen atoms in total. The summed E-state index contributed by atoms with van der Waals surface area (Å²) < 4.78 is 40.4. The second kappa shape index (κ2) is 9.07. The lowest BCUT2D eigenvalue weighted by Crippen LogP contribution is -2.23. The first-order valence-electron chi connectivity index (χ1n) is 8.16. The Kier molecular flexibility index (Phi) is 6.53. The van der Waals surface area contributed by atoms with Crippen molar-refractivity contribution >= 4 is 39.8 Å². The predicted octanol–water partition coefficient (Wildman–Crippen LogP) is 4.69. The maximum atomic E-state index is 13.7. The number of halogens is 3. The van der Waals surface area contributed by atoms with Crippen LogP contribution in [0.3, 0.4) is 0 Å². The van der Waals surface area contributed by atoms with Crippen molar-refractivity contribution in [1.82, 2.24) is 10.2 Å². The number of rotatable bonds is 7. The second-order valence-corrected chi connectivity index (χ2v) is 8.25. The minimum atomic E-state index is -1.63. The molecule has 1 amide bonds. The fourth-order valence-corrected chi connectivity index (χ4v) is 4.06. The molecule has 0 radical (unpaired) electrons. The molecule has 146 valence electrons. The van der Waals surface area contributed by atoms with Gasteiger partial charge in [-0.15, -0.1) is 10.2 Å². The summed E-state index contributed by atoms with van der Waals surface area (Å²) in [5.41, 5.74) is 0.673. The zero-order chi connectivity index (χ0) is 20.1. The SMILES string of the molecule is CC(Sc1nnc(NCc2ccccc2)s1)C(=O)Nc1ccc(F)c(F)c1F. The molecule has 0 aliphatic heterocycles. The van der Waals surface area contributed by atoms with Crippen molar-refractivity contribution < 1.29 is 18.0 Å². The number of aromatic nitrogens is 2. The van der Waals surface area contributed by atoms with Crippen molar-refractivity contribution in [3.05, 3.63) is 65.5 Å². The average molecular weight is 424 g/mol. The lowest BCUT2D eigenvalue weighted by Gasteiger charge is -2.11. The minimum absolute atomic E-state index is 0.418. The van der Waals surface area contributed by atoms with E-state index in [1.807, 2.05) is 30.3 Å². The molecule has 28 heavy (non-hydrogen) atoms. The van der Waals surface area contributed by atoms with Crippen LogP contribution in [0.1, 0.15) is 12.5 Å². The van der Waals surface area contributed by atoms with Gasteiger partial charge < -0.3 is 10.6 Å². The van der Waals surface area contributed by atoms with E-state index < -0.39 is 34.3 Å². The molecule has 0 saturated heterocycles. The quantitative estimate of drug-likeness (QED) is 0.426. The Morgan fingerprint density at radius 3 is 2.61 bits per heavy atom. The van der Waals surface area contributed by atoms with Crippen LogP contribution in [-0.4, -0.2) is 21.4 Å². The smallest absolute Gasteiger partial charge is 0.237 e. The molecule has 10 heteroatoms. The van der Waals surface area contributed by atoms with E-state index in [9.17, 15) is 18.0 Å². The van der Waals surface area contributed by atoms with E-state index in [4.69, 9.17) is 0 Å². The lowest BCUT2D eigenvalue weighted by molar-refractivity contribution is -0.115. The highest BCUT2D eigenvalue weighted by Crippen LogP contribution is 2.30. The monoisotopic (exact) mass is 424 g/mol. The molecule has 2 N–H and O–H groups in total. The second-order valence-electron chi connectivity index (χ2n) is 5.68. The topological polar surface area (TPSA) is 66.9 Å². The number of anilines is 2. The standard InChI is InChI=1S/C18H15F3N4OS2/c1-10(16(26)23-13-8-7-12(19)14(20)15(13)21)27-18-25-24-17(28-18)22-9-11-5-3-2-4-6-11/h2-8,10H,9H2,1H3,(H,22,24)(H,23,26). The fraction of sp³-hybridized carbons (Fsp3) is 0.167. The molecule has 0 saturated carbocycles. The lowest BCUT2D eigenvalue weighted by atomic mass is 10.2. The van der Waals surface area contributed by atoms with Gasteiger partial charge in [0.25, 0.3) is 0 Å². The van der Waals surface area contributed by atoms with Crippen LogP contribution >= 0.6 is 23.1 Å². The van der Waals surface area contributed by atoms with E-state index in [0.717, 1.165) is 29.5 Å². The highest BCUT2D eigenvalue weighted by molar-refractivity contribution is 8.02. The van der Waals surface area contributed by atoms with Crippen molar-refractivity contribution in [2.24, 2.45) is 0 Å². The summed E-state index contributed by atoms with van der Waals surface area (Å²) in [6, 6.07) is 11.5. The summed E-state index contributed by atoms with van der Waals surface area (Å²) in [6.07, 6.45) is 0. The van der Waals surface area contributed by atoms with E-state index in [-0.39, 0.29) is 0 Å². The van der Waals surface area contributed by atoms with Crippen LogP contribution in [0.2, 0.25) is 0 Å². The fourth-order valence-electron chi connectivity index (χ4n) is 2.16. The number of carbonyl (C=O) groups excluding carboxylic acids is 1. The number of thioether (sulfide) groups is 1. The summed E-state index contributed by atoms with van der Waals surface area (Å²) in [5, 5.41) is 13.4. The molecule has 2 aromatic carbocycles. The summed E-state index contributed by atoms with van der Waals surface area (Å²) in [7, 11) is 0. The molecule has 3 rings (SSSR count). The zero-order valence-corrected chi connectivity index (χ0v) is 16.2.